The first-order valence-corrected chi connectivity index (χ1v) is 5.66. The maximum absolute atomic E-state index is 11.0. The summed E-state index contributed by atoms with van der Waals surface area (Å²) >= 11 is 0. The fraction of sp³-hybridized carbons (Fsp3) is 0.909. The average molecular weight is 215 g/mol. The Morgan fingerprint density at radius 2 is 2.07 bits per heavy atom. The maximum Gasteiger partial charge on any atom is 0.336 e. The Kier molecular flexibility index (Phi) is 5.05. The molecule has 1 saturated carbocycles. The van der Waals surface area contributed by atoms with Crippen molar-refractivity contribution in [3.05, 3.63) is 0 Å². The summed E-state index contributed by atoms with van der Waals surface area (Å²) in [6.07, 6.45) is 5.67. The summed E-state index contributed by atoms with van der Waals surface area (Å²) in [6, 6.07) is -0.486. The Morgan fingerprint density at radius 3 is 2.60 bits per heavy atom. The van der Waals surface area contributed by atoms with Gasteiger partial charge in [0.05, 0.1) is 7.11 Å². The molecule has 0 bridgehead atoms. The number of rotatable bonds is 4. The van der Waals surface area contributed by atoms with Crippen molar-refractivity contribution in [2.24, 2.45) is 11.7 Å². The maximum atomic E-state index is 11.0. The fourth-order valence-corrected chi connectivity index (χ4v) is 2.23. The molecule has 1 fully saturated rings. The van der Waals surface area contributed by atoms with Crippen LogP contribution in [-0.4, -0.2) is 30.3 Å². The largest absolute Gasteiger partial charge is 0.467 e. The third-order valence-electron chi connectivity index (χ3n) is 3.18. The standard InChI is InChI=1S/C11H21NO3/c1-15-11(14)10(13)9(12)7-8-5-3-2-4-6-8/h8-10,13H,2-7,12H2,1H3/t9-,10+/m0/s1. The molecular weight excluding hydrogens is 194 g/mol. The van der Waals surface area contributed by atoms with Gasteiger partial charge in [-0.15, -0.1) is 0 Å². The van der Waals surface area contributed by atoms with Crippen LogP contribution in [0.1, 0.15) is 38.5 Å². The van der Waals surface area contributed by atoms with E-state index < -0.39 is 18.1 Å². The van der Waals surface area contributed by atoms with E-state index in [1.54, 1.807) is 0 Å². The summed E-state index contributed by atoms with van der Waals surface area (Å²) < 4.78 is 4.45. The summed E-state index contributed by atoms with van der Waals surface area (Å²) in [6.45, 7) is 0. The lowest BCUT2D eigenvalue weighted by Crippen LogP contribution is -2.42. The Morgan fingerprint density at radius 1 is 1.47 bits per heavy atom. The van der Waals surface area contributed by atoms with Crippen LogP contribution in [0.25, 0.3) is 0 Å². The molecule has 3 N–H and O–H groups in total. The van der Waals surface area contributed by atoms with E-state index in [-0.39, 0.29) is 0 Å². The van der Waals surface area contributed by atoms with Crippen molar-refractivity contribution in [1.82, 2.24) is 0 Å². The first-order chi connectivity index (χ1) is 7.15. The average Bonchev–Trinajstić information content (AvgIpc) is 2.28. The molecule has 4 nitrogen and oxygen atoms in total. The molecule has 0 saturated heterocycles. The second-order valence-electron chi connectivity index (χ2n) is 4.37. The quantitative estimate of drug-likeness (QED) is 0.681. The molecule has 2 atom stereocenters. The van der Waals surface area contributed by atoms with Crippen molar-refractivity contribution in [3.63, 3.8) is 0 Å². The zero-order valence-electron chi connectivity index (χ0n) is 9.32. The number of methoxy groups -OCH3 is 1. The van der Waals surface area contributed by atoms with E-state index >= 15 is 0 Å². The highest BCUT2D eigenvalue weighted by molar-refractivity contribution is 5.75. The molecule has 0 aliphatic heterocycles. The van der Waals surface area contributed by atoms with Gasteiger partial charge in [0.1, 0.15) is 0 Å². The number of aliphatic hydroxyl groups excluding tert-OH is 1. The highest BCUT2D eigenvalue weighted by Gasteiger charge is 2.26. The number of carbonyl (C=O) groups is 1. The summed E-state index contributed by atoms with van der Waals surface area (Å²) in [7, 11) is 1.26. The predicted molar refractivity (Wildman–Crippen MR) is 57.2 cm³/mol. The summed E-state index contributed by atoms with van der Waals surface area (Å²) in [5.74, 6) is -0.0636. The van der Waals surface area contributed by atoms with E-state index in [0.29, 0.717) is 5.92 Å². The molecule has 15 heavy (non-hydrogen) atoms. The van der Waals surface area contributed by atoms with E-state index in [4.69, 9.17) is 5.73 Å². The third-order valence-corrected chi connectivity index (χ3v) is 3.18. The molecule has 0 unspecified atom stereocenters. The number of ether oxygens (including phenoxy) is 1. The summed E-state index contributed by atoms with van der Waals surface area (Å²) in [5, 5.41) is 9.52. The number of hydrogen-bond donors (Lipinski definition) is 2. The Balaban J connectivity index is 2.32. The lowest BCUT2D eigenvalue weighted by molar-refractivity contribution is -0.151. The van der Waals surface area contributed by atoms with Gasteiger partial charge in [0.15, 0.2) is 6.10 Å². The van der Waals surface area contributed by atoms with Gasteiger partial charge in [-0.2, -0.15) is 0 Å². The number of esters is 1. The van der Waals surface area contributed by atoms with E-state index in [1.807, 2.05) is 0 Å². The molecule has 88 valence electrons. The molecule has 1 rings (SSSR count). The molecular formula is C11H21NO3. The van der Waals surface area contributed by atoms with Crippen molar-refractivity contribution in [2.75, 3.05) is 7.11 Å². The van der Waals surface area contributed by atoms with Crippen LogP contribution in [0.3, 0.4) is 0 Å². The van der Waals surface area contributed by atoms with Gasteiger partial charge < -0.3 is 15.6 Å². The van der Waals surface area contributed by atoms with E-state index in [9.17, 15) is 9.90 Å². The van der Waals surface area contributed by atoms with E-state index in [1.165, 1.54) is 39.2 Å². The SMILES string of the molecule is COC(=O)[C@H](O)[C@@H](N)CC1CCCCC1. The van der Waals surface area contributed by atoms with Crippen molar-refractivity contribution in [2.45, 2.75) is 50.7 Å². The molecule has 1 aliphatic rings. The van der Waals surface area contributed by atoms with Crippen LogP contribution in [0, 0.1) is 5.92 Å². The molecule has 0 spiro atoms. The highest BCUT2D eigenvalue weighted by atomic mass is 16.5. The van der Waals surface area contributed by atoms with Crippen LogP contribution in [-0.2, 0) is 9.53 Å². The van der Waals surface area contributed by atoms with Gasteiger partial charge in [-0.25, -0.2) is 4.79 Å². The first kappa shape index (κ1) is 12.5. The van der Waals surface area contributed by atoms with Crippen LogP contribution in [0.4, 0.5) is 0 Å². The molecule has 0 heterocycles. The Bertz CT molecular complexity index is 202. The number of hydrogen-bond acceptors (Lipinski definition) is 4. The van der Waals surface area contributed by atoms with Gasteiger partial charge >= 0.3 is 5.97 Å². The van der Waals surface area contributed by atoms with Gasteiger partial charge in [0, 0.05) is 6.04 Å². The van der Waals surface area contributed by atoms with Gasteiger partial charge in [-0.1, -0.05) is 32.1 Å². The lowest BCUT2D eigenvalue weighted by atomic mass is 9.84. The van der Waals surface area contributed by atoms with Crippen LogP contribution >= 0.6 is 0 Å². The molecule has 1 aliphatic carbocycles. The van der Waals surface area contributed by atoms with Crippen LogP contribution < -0.4 is 5.73 Å². The molecule has 0 amide bonds. The molecule has 0 aromatic rings. The third kappa shape index (κ3) is 3.80. The fourth-order valence-electron chi connectivity index (χ4n) is 2.23. The lowest BCUT2D eigenvalue weighted by Gasteiger charge is -2.26. The minimum absolute atomic E-state index is 0.486. The zero-order valence-corrected chi connectivity index (χ0v) is 9.32. The van der Waals surface area contributed by atoms with E-state index in [0.717, 1.165) is 6.42 Å². The minimum Gasteiger partial charge on any atom is -0.467 e. The molecule has 0 radical (unpaired) electrons. The van der Waals surface area contributed by atoms with Crippen molar-refractivity contribution >= 4 is 5.97 Å². The van der Waals surface area contributed by atoms with Gasteiger partial charge in [-0.3, -0.25) is 0 Å². The molecule has 4 heteroatoms. The monoisotopic (exact) mass is 215 g/mol. The number of nitrogens with two attached hydrogens (primary N) is 1. The Hall–Kier alpha value is -0.610. The van der Waals surface area contributed by atoms with Crippen LogP contribution in [0.15, 0.2) is 0 Å². The van der Waals surface area contributed by atoms with Gasteiger partial charge in [-0.05, 0) is 12.3 Å². The topological polar surface area (TPSA) is 72.5 Å². The Labute approximate surface area is 90.8 Å². The second kappa shape index (κ2) is 6.08. The van der Waals surface area contributed by atoms with Gasteiger partial charge in [0.2, 0.25) is 0 Å². The van der Waals surface area contributed by atoms with Crippen molar-refractivity contribution in [3.8, 4) is 0 Å². The number of carbonyl (C=O) groups excluding carboxylic acids is 1. The highest BCUT2D eigenvalue weighted by Crippen LogP contribution is 2.27. The van der Waals surface area contributed by atoms with Crippen molar-refractivity contribution in [1.29, 1.82) is 0 Å². The van der Waals surface area contributed by atoms with E-state index in [2.05, 4.69) is 4.74 Å². The summed E-state index contributed by atoms with van der Waals surface area (Å²) in [5.41, 5.74) is 5.77. The first-order valence-electron chi connectivity index (χ1n) is 5.66. The predicted octanol–water partition coefficient (Wildman–Crippen LogP) is 0.818. The van der Waals surface area contributed by atoms with Crippen LogP contribution in [0.5, 0.6) is 0 Å². The number of aliphatic hydroxyl groups is 1. The smallest absolute Gasteiger partial charge is 0.336 e. The molecule has 0 aromatic carbocycles. The van der Waals surface area contributed by atoms with Crippen LogP contribution in [0.2, 0.25) is 0 Å². The second-order valence-corrected chi connectivity index (χ2v) is 4.37. The zero-order chi connectivity index (χ0) is 11.3. The van der Waals surface area contributed by atoms with Gasteiger partial charge in [0.25, 0.3) is 0 Å². The molecule has 0 aromatic heterocycles. The summed E-state index contributed by atoms with van der Waals surface area (Å²) in [4.78, 5) is 11.0. The minimum atomic E-state index is -1.17. The normalized spacial score (nSPS) is 22.1. The van der Waals surface area contributed by atoms with Crippen molar-refractivity contribution < 1.29 is 14.6 Å².